The molecular formula is C14H29FN2. The summed E-state index contributed by atoms with van der Waals surface area (Å²) in [5, 5.41) is 3.68. The lowest BCUT2D eigenvalue weighted by atomic mass is 9.88. The Kier molecular flexibility index (Phi) is 5.87. The van der Waals surface area contributed by atoms with E-state index in [1.807, 2.05) is 0 Å². The van der Waals surface area contributed by atoms with Gasteiger partial charge >= 0.3 is 0 Å². The average Bonchev–Trinajstić information content (AvgIpc) is 2.36. The van der Waals surface area contributed by atoms with Crippen LogP contribution in [0.1, 0.15) is 47.0 Å². The zero-order chi connectivity index (χ0) is 12.9. The molecule has 0 radical (unpaired) electrons. The Hall–Kier alpha value is -0.150. The maximum absolute atomic E-state index is 12.4. The molecule has 1 heterocycles. The van der Waals surface area contributed by atoms with Gasteiger partial charge in [-0.05, 0) is 25.7 Å². The van der Waals surface area contributed by atoms with E-state index in [2.05, 4.69) is 37.9 Å². The van der Waals surface area contributed by atoms with Gasteiger partial charge in [0.1, 0.15) is 0 Å². The van der Waals surface area contributed by atoms with Crippen molar-refractivity contribution in [1.82, 2.24) is 10.2 Å². The van der Waals surface area contributed by atoms with E-state index in [1.165, 1.54) is 6.42 Å². The van der Waals surface area contributed by atoms with E-state index < -0.39 is 0 Å². The monoisotopic (exact) mass is 244 g/mol. The minimum Gasteiger partial charge on any atom is -0.311 e. The third kappa shape index (κ3) is 3.65. The second kappa shape index (κ2) is 6.69. The van der Waals surface area contributed by atoms with Gasteiger partial charge in [-0.15, -0.1) is 0 Å². The molecule has 0 aromatic heterocycles. The SMILES string of the molecule is CCC(C)C1CN(CCCF)C(C)(CC)CN1. The first-order valence-electron chi connectivity index (χ1n) is 7.11. The predicted molar refractivity (Wildman–Crippen MR) is 72.1 cm³/mol. The van der Waals surface area contributed by atoms with E-state index in [-0.39, 0.29) is 12.2 Å². The molecule has 1 N–H and O–H groups in total. The van der Waals surface area contributed by atoms with E-state index >= 15 is 0 Å². The van der Waals surface area contributed by atoms with Crippen LogP contribution in [0.3, 0.4) is 0 Å². The molecule has 1 fully saturated rings. The molecular weight excluding hydrogens is 215 g/mol. The van der Waals surface area contributed by atoms with Gasteiger partial charge in [-0.3, -0.25) is 9.29 Å². The van der Waals surface area contributed by atoms with Crippen molar-refractivity contribution in [3.05, 3.63) is 0 Å². The van der Waals surface area contributed by atoms with Crippen molar-refractivity contribution < 1.29 is 4.39 Å². The van der Waals surface area contributed by atoms with Crippen LogP contribution in [-0.2, 0) is 0 Å². The van der Waals surface area contributed by atoms with Gasteiger partial charge in [0, 0.05) is 31.2 Å². The van der Waals surface area contributed by atoms with Crippen molar-refractivity contribution in [2.45, 2.75) is 58.5 Å². The number of hydrogen-bond donors (Lipinski definition) is 1. The third-order valence-corrected chi connectivity index (χ3v) is 4.58. The Morgan fingerprint density at radius 3 is 2.71 bits per heavy atom. The first kappa shape index (κ1) is 14.9. The van der Waals surface area contributed by atoms with Crippen molar-refractivity contribution in [2.75, 3.05) is 26.3 Å². The van der Waals surface area contributed by atoms with Crippen LogP contribution in [0.2, 0.25) is 0 Å². The van der Waals surface area contributed by atoms with Crippen molar-refractivity contribution in [3.63, 3.8) is 0 Å². The zero-order valence-electron chi connectivity index (χ0n) is 11.9. The summed E-state index contributed by atoms with van der Waals surface area (Å²) in [6.07, 6.45) is 3.00. The summed E-state index contributed by atoms with van der Waals surface area (Å²) in [5.74, 6) is 0.698. The normalized spacial score (nSPS) is 32.6. The Bertz CT molecular complexity index is 222. The number of piperazine rings is 1. The van der Waals surface area contributed by atoms with E-state index in [4.69, 9.17) is 0 Å². The van der Waals surface area contributed by atoms with Crippen LogP contribution in [0, 0.1) is 5.92 Å². The zero-order valence-corrected chi connectivity index (χ0v) is 11.9. The molecule has 3 heteroatoms. The van der Waals surface area contributed by atoms with E-state index in [0.29, 0.717) is 18.4 Å². The van der Waals surface area contributed by atoms with Crippen molar-refractivity contribution in [2.24, 2.45) is 5.92 Å². The fraction of sp³-hybridized carbons (Fsp3) is 1.00. The van der Waals surface area contributed by atoms with Crippen molar-refractivity contribution in [3.8, 4) is 0 Å². The summed E-state index contributed by atoms with van der Waals surface area (Å²) in [7, 11) is 0. The smallest absolute Gasteiger partial charge is 0.0906 e. The molecule has 0 spiro atoms. The quantitative estimate of drug-likeness (QED) is 0.773. The Labute approximate surface area is 106 Å². The van der Waals surface area contributed by atoms with Gasteiger partial charge in [0.05, 0.1) is 6.67 Å². The minimum atomic E-state index is -0.197. The summed E-state index contributed by atoms with van der Waals surface area (Å²) in [5.41, 5.74) is 0.207. The standard InChI is InChI=1S/C14H29FN2/c1-5-12(3)13-10-17(9-7-8-15)14(4,6-2)11-16-13/h12-13,16H,5-11H2,1-4H3. The molecule has 1 aliphatic heterocycles. The number of alkyl halides is 1. The molecule has 3 unspecified atom stereocenters. The minimum absolute atomic E-state index is 0.197. The number of nitrogens with one attached hydrogen (secondary N) is 1. The third-order valence-electron chi connectivity index (χ3n) is 4.58. The van der Waals surface area contributed by atoms with E-state index in [1.54, 1.807) is 0 Å². The number of hydrogen-bond acceptors (Lipinski definition) is 2. The van der Waals surface area contributed by atoms with Gasteiger partial charge in [0.15, 0.2) is 0 Å². The van der Waals surface area contributed by atoms with E-state index in [9.17, 15) is 4.39 Å². The Balaban J connectivity index is 2.63. The highest BCUT2D eigenvalue weighted by atomic mass is 19.1. The lowest BCUT2D eigenvalue weighted by molar-refractivity contribution is 0.0341. The van der Waals surface area contributed by atoms with Crippen LogP contribution in [0.4, 0.5) is 4.39 Å². The maximum atomic E-state index is 12.4. The molecule has 0 aromatic carbocycles. The maximum Gasteiger partial charge on any atom is 0.0906 e. The fourth-order valence-electron chi connectivity index (χ4n) is 2.61. The van der Waals surface area contributed by atoms with Crippen LogP contribution < -0.4 is 5.32 Å². The van der Waals surface area contributed by atoms with Gasteiger partial charge in [0.2, 0.25) is 0 Å². The second-order valence-corrected chi connectivity index (χ2v) is 5.71. The molecule has 1 rings (SSSR count). The van der Waals surface area contributed by atoms with Crippen LogP contribution in [0.15, 0.2) is 0 Å². The summed E-state index contributed by atoms with van der Waals surface area (Å²) in [6.45, 7) is 11.9. The lowest BCUT2D eigenvalue weighted by Crippen LogP contribution is -2.64. The highest BCUT2D eigenvalue weighted by molar-refractivity contribution is 4.96. The molecule has 2 nitrogen and oxygen atoms in total. The molecule has 1 saturated heterocycles. The van der Waals surface area contributed by atoms with Crippen molar-refractivity contribution >= 4 is 0 Å². The van der Waals surface area contributed by atoms with Crippen LogP contribution in [-0.4, -0.2) is 42.8 Å². The van der Waals surface area contributed by atoms with Crippen molar-refractivity contribution in [1.29, 1.82) is 0 Å². The van der Waals surface area contributed by atoms with Gasteiger partial charge in [-0.1, -0.05) is 27.2 Å². The number of nitrogens with zero attached hydrogens (tertiary/aromatic N) is 1. The molecule has 0 amide bonds. The summed E-state index contributed by atoms with van der Waals surface area (Å²) >= 11 is 0. The van der Waals surface area contributed by atoms with Gasteiger partial charge in [0.25, 0.3) is 0 Å². The predicted octanol–water partition coefficient (Wildman–Crippen LogP) is 2.83. The number of halogens is 1. The summed E-state index contributed by atoms with van der Waals surface area (Å²) in [4.78, 5) is 2.50. The molecule has 17 heavy (non-hydrogen) atoms. The van der Waals surface area contributed by atoms with E-state index in [0.717, 1.165) is 26.1 Å². The summed E-state index contributed by atoms with van der Waals surface area (Å²) < 4.78 is 12.4. The summed E-state index contributed by atoms with van der Waals surface area (Å²) in [6, 6.07) is 0.569. The Morgan fingerprint density at radius 2 is 2.18 bits per heavy atom. The molecule has 0 aliphatic carbocycles. The van der Waals surface area contributed by atoms with Gasteiger partial charge in [-0.25, -0.2) is 0 Å². The fourth-order valence-corrected chi connectivity index (χ4v) is 2.61. The topological polar surface area (TPSA) is 15.3 Å². The largest absolute Gasteiger partial charge is 0.311 e. The molecule has 0 bridgehead atoms. The molecule has 0 saturated carbocycles. The molecule has 3 atom stereocenters. The van der Waals surface area contributed by atoms with Gasteiger partial charge in [-0.2, -0.15) is 0 Å². The molecule has 0 aromatic rings. The highest BCUT2D eigenvalue weighted by Crippen LogP contribution is 2.25. The van der Waals surface area contributed by atoms with Crippen LogP contribution >= 0.6 is 0 Å². The van der Waals surface area contributed by atoms with Crippen LogP contribution in [0.25, 0.3) is 0 Å². The second-order valence-electron chi connectivity index (χ2n) is 5.71. The van der Waals surface area contributed by atoms with Gasteiger partial charge < -0.3 is 5.32 Å². The number of rotatable bonds is 6. The Morgan fingerprint density at radius 1 is 1.47 bits per heavy atom. The molecule has 1 aliphatic rings. The first-order chi connectivity index (χ1) is 8.07. The molecule has 102 valence electrons. The van der Waals surface area contributed by atoms with Crippen LogP contribution in [0.5, 0.6) is 0 Å². The lowest BCUT2D eigenvalue weighted by Gasteiger charge is -2.49. The first-order valence-corrected chi connectivity index (χ1v) is 7.11. The average molecular weight is 244 g/mol. The highest BCUT2D eigenvalue weighted by Gasteiger charge is 2.36.